The van der Waals surface area contributed by atoms with Gasteiger partial charge in [-0.3, -0.25) is 9.69 Å². The predicted octanol–water partition coefficient (Wildman–Crippen LogP) is 1.59. The van der Waals surface area contributed by atoms with Crippen LogP contribution < -0.4 is 5.73 Å². The maximum Gasteiger partial charge on any atom is 0.237 e. The molecule has 1 saturated heterocycles. The molecule has 3 fully saturated rings. The average molecular weight is 279 g/mol. The van der Waals surface area contributed by atoms with Gasteiger partial charge in [0.15, 0.2) is 0 Å². The third kappa shape index (κ3) is 3.01. The number of rotatable bonds is 5. The molecule has 4 nitrogen and oxygen atoms in total. The molecule has 4 heteroatoms. The van der Waals surface area contributed by atoms with Crippen LogP contribution in [0.2, 0.25) is 0 Å². The first-order chi connectivity index (χ1) is 9.61. The number of nitrogens with zero attached hydrogens (tertiary/aromatic N) is 2. The van der Waals surface area contributed by atoms with Crippen LogP contribution in [0.1, 0.15) is 51.9 Å². The highest BCUT2D eigenvalue weighted by atomic mass is 16.2. The fourth-order valence-corrected chi connectivity index (χ4v) is 3.94. The minimum absolute atomic E-state index is 0.220. The first-order valence-electron chi connectivity index (χ1n) is 8.35. The third-order valence-corrected chi connectivity index (χ3v) is 5.43. The van der Waals surface area contributed by atoms with Crippen molar-refractivity contribution in [3.63, 3.8) is 0 Å². The summed E-state index contributed by atoms with van der Waals surface area (Å²) in [6.07, 6.45) is 8.63. The molecule has 0 aromatic rings. The number of hydrogen-bond donors (Lipinski definition) is 1. The molecule has 20 heavy (non-hydrogen) atoms. The molecule has 0 radical (unpaired) electrons. The molecule has 3 rings (SSSR count). The van der Waals surface area contributed by atoms with E-state index in [1.807, 2.05) is 0 Å². The molecule has 1 heterocycles. The van der Waals surface area contributed by atoms with Crippen LogP contribution in [0.5, 0.6) is 0 Å². The zero-order valence-electron chi connectivity index (χ0n) is 12.8. The summed E-state index contributed by atoms with van der Waals surface area (Å²) in [6.45, 7) is 5.60. The van der Waals surface area contributed by atoms with Crippen molar-refractivity contribution in [1.29, 1.82) is 0 Å². The Kier molecular flexibility index (Phi) is 4.04. The van der Waals surface area contributed by atoms with Gasteiger partial charge in [0.1, 0.15) is 0 Å². The Bertz CT molecular complexity index is 363. The van der Waals surface area contributed by atoms with Crippen LogP contribution in [0, 0.1) is 5.41 Å². The van der Waals surface area contributed by atoms with Crippen molar-refractivity contribution in [2.75, 3.05) is 26.2 Å². The summed E-state index contributed by atoms with van der Waals surface area (Å²) in [5.41, 5.74) is 6.08. The van der Waals surface area contributed by atoms with Crippen LogP contribution in [0.3, 0.4) is 0 Å². The second kappa shape index (κ2) is 5.64. The molecule has 1 atom stereocenters. The number of amides is 1. The van der Waals surface area contributed by atoms with Gasteiger partial charge in [-0.05, 0) is 50.6 Å². The van der Waals surface area contributed by atoms with Crippen molar-refractivity contribution >= 4 is 5.91 Å². The van der Waals surface area contributed by atoms with Gasteiger partial charge in [0.05, 0.1) is 6.54 Å². The molecular weight excluding hydrogens is 250 g/mol. The van der Waals surface area contributed by atoms with E-state index in [2.05, 4.69) is 16.7 Å². The molecule has 1 unspecified atom stereocenters. The van der Waals surface area contributed by atoms with Crippen LogP contribution in [0.4, 0.5) is 0 Å². The molecule has 1 aliphatic heterocycles. The van der Waals surface area contributed by atoms with Gasteiger partial charge in [-0.15, -0.1) is 0 Å². The van der Waals surface area contributed by atoms with E-state index in [4.69, 9.17) is 5.73 Å². The number of hydrogen-bond acceptors (Lipinski definition) is 3. The van der Waals surface area contributed by atoms with E-state index >= 15 is 0 Å². The molecule has 0 aromatic carbocycles. The lowest BCUT2D eigenvalue weighted by Gasteiger charge is -2.31. The molecular formula is C16H29N3O. The fourth-order valence-electron chi connectivity index (χ4n) is 3.94. The quantitative estimate of drug-likeness (QED) is 0.831. The minimum atomic E-state index is 0.220. The standard InChI is InChI=1S/C16H29N3O/c1-16(11-17)8-9-18(12-16)10-15(20)19(14-6-7-14)13-4-2-3-5-13/h13-14H,2-12,17H2,1H3. The number of likely N-dealkylation sites (tertiary alicyclic amines) is 1. The lowest BCUT2D eigenvalue weighted by Crippen LogP contribution is -2.46. The molecule has 3 aliphatic rings. The second-order valence-electron chi connectivity index (χ2n) is 7.45. The molecule has 2 aliphatic carbocycles. The molecule has 114 valence electrons. The summed E-state index contributed by atoms with van der Waals surface area (Å²) in [5, 5.41) is 0. The molecule has 0 bridgehead atoms. The summed E-state index contributed by atoms with van der Waals surface area (Å²) >= 11 is 0. The normalized spacial score (nSPS) is 31.9. The van der Waals surface area contributed by atoms with E-state index in [1.54, 1.807) is 0 Å². The number of carbonyl (C=O) groups is 1. The lowest BCUT2D eigenvalue weighted by molar-refractivity contribution is -0.135. The summed E-state index contributed by atoms with van der Waals surface area (Å²) in [6, 6.07) is 1.10. The van der Waals surface area contributed by atoms with Crippen LogP contribution in [-0.4, -0.2) is 54.0 Å². The van der Waals surface area contributed by atoms with E-state index in [0.717, 1.165) is 26.1 Å². The summed E-state index contributed by atoms with van der Waals surface area (Å²) in [7, 11) is 0. The minimum Gasteiger partial charge on any atom is -0.336 e. The van der Waals surface area contributed by atoms with Crippen LogP contribution in [0.15, 0.2) is 0 Å². The monoisotopic (exact) mass is 279 g/mol. The van der Waals surface area contributed by atoms with E-state index in [9.17, 15) is 4.79 Å². The Morgan fingerprint density at radius 2 is 1.90 bits per heavy atom. The molecule has 1 amide bonds. The van der Waals surface area contributed by atoms with Crippen molar-refractivity contribution < 1.29 is 4.79 Å². The van der Waals surface area contributed by atoms with Crippen LogP contribution in [-0.2, 0) is 4.79 Å². The van der Waals surface area contributed by atoms with Gasteiger partial charge in [-0.25, -0.2) is 0 Å². The highest BCUT2D eigenvalue weighted by Gasteiger charge is 2.40. The second-order valence-corrected chi connectivity index (χ2v) is 7.45. The number of nitrogens with two attached hydrogens (primary N) is 1. The Labute approximate surface area is 122 Å². The highest BCUT2D eigenvalue weighted by molar-refractivity contribution is 5.79. The molecule has 2 N–H and O–H groups in total. The zero-order valence-corrected chi connectivity index (χ0v) is 12.8. The Hall–Kier alpha value is -0.610. The lowest BCUT2D eigenvalue weighted by atomic mass is 9.90. The molecule has 0 aromatic heterocycles. The average Bonchev–Trinajstić information content (AvgIpc) is 2.96. The van der Waals surface area contributed by atoms with Crippen molar-refractivity contribution in [2.24, 2.45) is 11.1 Å². The smallest absolute Gasteiger partial charge is 0.237 e. The number of carbonyl (C=O) groups excluding carboxylic acids is 1. The van der Waals surface area contributed by atoms with Crippen molar-refractivity contribution in [3.05, 3.63) is 0 Å². The van der Waals surface area contributed by atoms with Crippen LogP contribution in [0.25, 0.3) is 0 Å². The van der Waals surface area contributed by atoms with Crippen molar-refractivity contribution in [1.82, 2.24) is 9.80 Å². The van der Waals surface area contributed by atoms with Crippen LogP contribution >= 0.6 is 0 Å². The first kappa shape index (κ1) is 14.3. The van der Waals surface area contributed by atoms with Gasteiger partial charge in [0, 0.05) is 18.6 Å². The SMILES string of the molecule is CC1(CN)CCN(CC(=O)N(C2CCCC2)C2CC2)C1. The summed E-state index contributed by atoms with van der Waals surface area (Å²) in [5.74, 6) is 0.376. The van der Waals surface area contributed by atoms with E-state index < -0.39 is 0 Å². The Balaban J connectivity index is 1.57. The van der Waals surface area contributed by atoms with Crippen molar-refractivity contribution in [3.8, 4) is 0 Å². The summed E-state index contributed by atoms with van der Waals surface area (Å²) < 4.78 is 0. The maximum atomic E-state index is 12.7. The Morgan fingerprint density at radius 3 is 2.45 bits per heavy atom. The van der Waals surface area contributed by atoms with Gasteiger partial charge < -0.3 is 10.6 Å². The maximum absolute atomic E-state index is 12.7. The predicted molar refractivity (Wildman–Crippen MR) is 80.3 cm³/mol. The highest BCUT2D eigenvalue weighted by Crippen LogP contribution is 2.35. The molecule has 2 saturated carbocycles. The van der Waals surface area contributed by atoms with E-state index in [-0.39, 0.29) is 5.41 Å². The Morgan fingerprint density at radius 1 is 1.25 bits per heavy atom. The fraction of sp³-hybridized carbons (Fsp3) is 0.938. The van der Waals surface area contributed by atoms with E-state index in [1.165, 1.54) is 38.5 Å². The zero-order chi connectivity index (χ0) is 14.2. The van der Waals surface area contributed by atoms with Gasteiger partial charge in [0.25, 0.3) is 0 Å². The van der Waals surface area contributed by atoms with E-state index in [0.29, 0.717) is 24.5 Å². The largest absolute Gasteiger partial charge is 0.336 e. The van der Waals surface area contributed by atoms with Gasteiger partial charge in [-0.2, -0.15) is 0 Å². The molecule has 0 spiro atoms. The first-order valence-corrected chi connectivity index (χ1v) is 8.35. The topological polar surface area (TPSA) is 49.6 Å². The van der Waals surface area contributed by atoms with Gasteiger partial charge in [0.2, 0.25) is 5.91 Å². The third-order valence-electron chi connectivity index (χ3n) is 5.43. The summed E-state index contributed by atoms with van der Waals surface area (Å²) in [4.78, 5) is 17.3. The van der Waals surface area contributed by atoms with Crippen molar-refractivity contribution in [2.45, 2.75) is 64.0 Å². The van der Waals surface area contributed by atoms with Gasteiger partial charge in [-0.1, -0.05) is 19.8 Å². The van der Waals surface area contributed by atoms with Gasteiger partial charge >= 0.3 is 0 Å².